The van der Waals surface area contributed by atoms with Gasteiger partial charge < -0.3 is 16.3 Å². The third kappa shape index (κ3) is 3.33. The minimum Gasteiger partial charge on any atom is -0.409 e. The molecule has 104 valence electrons. The van der Waals surface area contributed by atoms with Crippen molar-refractivity contribution in [2.75, 3.05) is 19.3 Å². The number of carbonyl (C=O) groups is 1. The number of amides is 1. The van der Waals surface area contributed by atoms with Crippen molar-refractivity contribution in [1.82, 2.24) is 10.0 Å². The molecule has 0 aromatic heterocycles. The first-order valence-electron chi connectivity index (χ1n) is 5.53. The SMILES string of the molecule is CS(=O)(=O)NCCNC(=O)C1(C(N)=NO)CCC1. The van der Waals surface area contributed by atoms with Crippen molar-refractivity contribution in [1.29, 1.82) is 0 Å². The van der Waals surface area contributed by atoms with Crippen molar-refractivity contribution < 1.29 is 18.4 Å². The van der Waals surface area contributed by atoms with Crippen LogP contribution >= 0.6 is 0 Å². The van der Waals surface area contributed by atoms with E-state index in [1.165, 1.54) is 0 Å². The zero-order chi connectivity index (χ0) is 13.8. The molecule has 0 atom stereocenters. The quantitative estimate of drug-likeness (QED) is 0.155. The van der Waals surface area contributed by atoms with Gasteiger partial charge in [0.1, 0.15) is 5.41 Å². The average molecular weight is 278 g/mol. The molecule has 1 aliphatic carbocycles. The third-order valence-corrected chi connectivity index (χ3v) is 3.74. The molecule has 0 bridgehead atoms. The summed E-state index contributed by atoms with van der Waals surface area (Å²) >= 11 is 0. The van der Waals surface area contributed by atoms with Crippen molar-refractivity contribution in [2.45, 2.75) is 19.3 Å². The Balaban J connectivity index is 2.45. The van der Waals surface area contributed by atoms with Crippen LogP contribution in [0.25, 0.3) is 0 Å². The number of hydrogen-bond acceptors (Lipinski definition) is 5. The van der Waals surface area contributed by atoms with Crippen molar-refractivity contribution in [3.63, 3.8) is 0 Å². The Hall–Kier alpha value is -1.35. The molecule has 0 aliphatic heterocycles. The maximum atomic E-state index is 11.9. The number of amidine groups is 1. The molecule has 1 aliphatic rings. The van der Waals surface area contributed by atoms with E-state index in [1.807, 2.05) is 0 Å². The Morgan fingerprint density at radius 2 is 2.06 bits per heavy atom. The molecule has 1 fully saturated rings. The molecule has 1 rings (SSSR count). The van der Waals surface area contributed by atoms with Crippen LogP contribution in [0.4, 0.5) is 0 Å². The van der Waals surface area contributed by atoms with Crippen LogP contribution in [-0.4, -0.2) is 44.7 Å². The maximum Gasteiger partial charge on any atom is 0.234 e. The van der Waals surface area contributed by atoms with Crippen LogP contribution in [0.5, 0.6) is 0 Å². The normalized spacial score (nSPS) is 19.1. The summed E-state index contributed by atoms with van der Waals surface area (Å²) in [6.07, 6.45) is 2.95. The number of nitrogens with two attached hydrogens (primary N) is 1. The van der Waals surface area contributed by atoms with Crippen LogP contribution < -0.4 is 15.8 Å². The Morgan fingerprint density at radius 1 is 1.44 bits per heavy atom. The van der Waals surface area contributed by atoms with E-state index in [4.69, 9.17) is 10.9 Å². The number of nitrogens with zero attached hydrogens (tertiary/aromatic N) is 1. The van der Waals surface area contributed by atoms with Gasteiger partial charge in [-0.15, -0.1) is 0 Å². The maximum absolute atomic E-state index is 11.9. The third-order valence-electron chi connectivity index (χ3n) is 3.01. The summed E-state index contributed by atoms with van der Waals surface area (Å²) in [6, 6.07) is 0. The summed E-state index contributed by atoms with van der Waals surface area (Å²) < 4.78 is 23.9. The van der Waals surface area contributed by atoms with Gasteiger partial charge >= 0.3 is 0 Å². The number of sulfonamides is 1. The zero-order valence-electron chi connectivity index (χ0n) is 10.1. The molecular weight excluding hydrogens is 260 g/mol. The van der Waals surface area contributed by atoms with Gasteiger partial charge in [0.2, 0.25) is 15.9 Å². The highest BCUT2D eigenvalue weighted by atomic mass is 32.2. The van der Waals surface area contributed by atoms with E-state index in [2.05, 4.69) is 15.2 Å². The minimum absolute atomic E-state index is 0.0951. The second-order valence-corrected chi connectivity index (χ2v) is 6.18. The van der Waals surface area contributed by atoms with Crippen molar-refractivity contribution in [2.24, 2.45) is 16.3 Å². The summed E-state index contributed by atoms with van der Waals surface area (Å²) in [5, 5.41) is 14.1. The monoisotopic (exact) mass is 278 g/mol. The fourth-order valence-corrected chi connectivity index (χ4v) is 2.28. The van der Waals surface area contributed by atoms with Gasteiger partial charge in [-0.05, 0) is 12.8 Å². The lowest BCUT2D eigenvalue weighted by molar-refractivity contribution is -0.131. The fraction of sp³-hybridized carbons (Fsp3) is 0.778. The summed E-state index contributed by atoms with van der Waals surface area (Å²) in [6.45, 7) is 0.267. The highest BCUT2D eigenvalue weighted by molar-refractivity contribution is 7.88. The lowest BCUT2D eigenvalue weighted by atomic mass is 9.67. The van der Waals surface area contributed by atoms with Crippen LogP contribution in [0.1, 0.15) is 19.3 Å². The van der Waals surface area contributed by atoms with Gasteiger partial charge in [0.15, 0.2) is 5.84 Å². The molecule has 18 heavy (non-hydrogen) atoms. The van der Waals surface area contributed by atoms with Crippen LogP contribution in [0.15, 0.2) is 5.16 Å². The average Bonchev–Trinajstić information content (AvgIpc) is 2.21. The van der Waals surface area contributed by atoms with Crippen molar-refractivity contribution >= 4 is 21.8 Å². The van der Waals surface area contributed by atoms with E-state index >= 15 is 0 Å². The van der Waals surface area contributed by atoms with E-state index in [1.54, 1.807) is 0 Å². The highest BCUT2D eigenvalue weighted by Gasteiger charge is 2.48. The zero-order valence-corrected chi connectivity index (χ0v) is 11.0. The molecular formula is C9H18N4O4S. The Kier molecular flexibility index (Phi) is 4.52. The smallest absolute Gasteiger partial charge is 0.234 e. The molecule has 8 nitrogen and oxygen atoms in total. The Bertz CT molecular complexity index is 441. The van der Waals surface area contributed by atoms with E-state index in [0.717, 1.165) is 12.7 Å². The van der Waals surface area contributed by atoms with Crippen LogP contribution in [0, 0.1) is 5.41 Å². The predicted molar refractivity (Wildman–Crippen MR) is 65.5 cm³/mol. The number of carbonyl (C=O) groups excluding carboxylic acids is 1. The summed E-state index contributed by atoms with van der Waals surface area (Å²) in [7, 11) is -3.26. The molecule has 0 aromatic rings. The van der Waals surface area contributed by atoms with Gasteiger partial charge in [0.25, 0.3) is 0 Å². The van der Waals surface area contributed by atoms with Gasteiger partial charge in [-0.2, -0.15) is 0 Å². The molecule has 1 saturated carbocycles. The van der Waals surface area contributed by atoms with E-state index in [9.17, 15) is 13.2 Å². The molecule has 0 aromatic carbocycles. The second-order valence-electron chi connectivity index (χ2n) is 4.34. The molecule has 0 unspecified atom stereocenters. The van der Waals surface area contributed by atoms with E-state index in [-0.39, 0.29) is 24.8 Å². The summed E-state index contributed by atoms with van der Waals surface area (Å²) in [5.41, 5.74) is 4.58. The molecule has 0 spiro atoms. The van der Waals surface area contributed by atoms with Gasteiger partial charge in [0.05, 0.1) is 6.26 Å². The number of hydrogen-bond donors (Lipinski definition) is 4. The number of nitrogens with one attached hydrogen (secondary N) is 2. The van der Waals surface area contributed by atoms with Gasteiger partial charge in [-0.25, -0.2) is 13.1 Å². The lowest BCUT2D eigenvalue weighted by Gasteiger charge is -2.38. The van der Waals surface area contributed by atoms with E-state index < -0.39 is 15.4 Å². The van der Waals surface area contributed by atoms with Crippen molar-refractivity contribution in [3.05, 3.63) is 0 Å². The molecule has 0 saturated heterocycles. The number of oxime groups is 1. The predicted octanol–water partition coefficient (Wildman–Crippen LogP) is -1.43. The molecule has 0 radical (unpaired) electrons. The van der Waals surface area contributed by atoms with Crippen LogP contribution in [0.2, 0.25) is 0 Å². The first-order valence-corrected chi connectivity index (χ1v) is 7.42. The first kappa shape index (κ1) is 14.7. The van der Waals surface area contributed by atoms with E-state index in [0.29, 0.717) is 12.8 Å². The largest absolute Gasteiger partial charge is 0.409 e. The summed E-state index contributed by atoms with van der Waals surface area (Å²) in [4.78, 5) is 11.9. The lowest BCUT2D eigenvalue weighted by Crippen LogP contribution is -2.54. The Labute approximate surface area is 106 Å². The minimum atomic E-state index is -3.26. The highest BCUT2D eigenvalue weighted by Crippen LogP contribution is 2.41. The molecule has 5 N–H and O–H groups in total. The number of rotatable bonds is 6. The topological polar surface area (TPSA) is 134 Å². The van der Waals surface area contributed by atoms with Crippen LogP contribution in [-0.2, 0) is 14.8 Å². The van der Waals surface area contributed by atoms with Gasteiger partial charge in [0, 0.05) is 13.1 Å². The second kappa shape index (κ2) is 5.53. The van der Waals surface area contributed by atoms with Crippen LogP contribution in [0.3, 0.4) is 0 Å². The fourth-order valence-electron chi connectivity index (χ4n) is 1.81. The molecule has 9 heteroatoms. The Morgan fingerprint density at radius 3 is 2.44 bits per heavy atom. The molecule has 0 heterocycles. The molecule has 1 amide bonds. The first-order chi connectivity index (χ1) is 8.32. The van der Waals surface area contributed by atoms with Gasteiger partial charge in [-0.1, -0.05) is 11.6 Å². The van der Waals surface area contributed by atoms with Crippen molar-refractivity contribution in [3.8, 4) is 0 Å². The standard InChI is InChI=1S/C9H18N4O4S/c1-18(16,17)12-6-5-11-8(14)9(3-2-4-9)7(10)13-15/h12,15H,2-6H2,1H3,(H2,10,13)(H,11,14). The van der Waals surface area contributed by atoms with Gasteiger partial charge in [-0.3, -0.25) is 4.79 Å². The summed E-state index contributed by atoms with van der Waals surface area (Å²) in [5.74, 6) is -0.429.